The number of aliphatic hydroxyl groups is 1. The summed E-state index contributed by atoms with van der Waals surface area (Å²) in [5.41, 5.74) is 2.55. The van der Waals surface area contributed by atoms with Crippen LogP contribution >= 0.6 is 23.6 Å². The summed E-state index contributed by atoms with van der Waals surface area (Å²) >= 11 is 7.44. The van der Waals surface area contributed by atoms with Crippen molar-refractivity contribution in [3.8, 4) is 0 Å². The van der Waals surface area contributed by atoms with Gasteiger partial charge in [-0.2, -0.15) is 0 Å². The number of fused-ring (bicyclic) bond motifs is 1. The number of hydrogen-bond acceptors (Lipinski definition) is 5. The Kier molecular flexibility index (Phi) is 7.42. The van der Waals surface area contributed by atoms with E-state index in [-0.39, 0.29) is 11.9 Å². The highest BCUT2D eigenvalue weighted by molar-refractivity contribution is 7.80. The van der Waals surface area contributed by atoms with E-state index in [0.717, 1.165) is 73.3 Å². The lowest BCUT2D eigenvalue weighted by Crippen LogP contribution is -2.47. The van der Waals surface area contributed by atoms with Crippen molar-refractivity contribution >= 4 is 39.6 Å². The Bertz CT molecular complexity index is 1180. The number of carbonyl (C=O) groups excluding carboxylic acids is 1. The van der Waals surface area contributed by atoms with Crippen molar-refractivity contribution in [2.45, 2.75) is 44.1 Å². The lowest BCUT2D eigenvalue weighted by Gasteiger charge is -2.43. The predicted octanol–water partition coefficient (Wildman–Crippen LogP) is 5.76. The van der Waals surface area contributed by atoms with E-state index < -0.39 is 5.60 Å². The van der Waals surface area contributed by atoms with Crippen LogP contribution in [0.25, 0.3) is 0 Å². The van der Waals surface area contributed by atoms with Crippen LogP contribution in [-0.4, -0.2) is 41.3 Å². The van der Waals surface area contributed by atoms with Crippen molar-refractivity contribution < 1.29 is 14.6 Å². The first-order valence-electron chi connectivity index (χ1n) is 12.6. The van der Waals surface area contributed by atoms with Crippen LogP contribution in [0.15, 0.2) is 60.7 Å². The minimum atomic E-state index is -1.06. The van der Waals surface area contributed by atoms with Crippen molar-refractivity contribution in [3.05, 3.63) is 87.8 Å². The molecule has 1 aliphatic carbocycles. The Morgan fingerprint density at radius 3 is 2.19 bits per heavy atom. The van der Waals surface area contributed by atoms with Gasteiger partial charge in [0.25, 0.3) is 0 Å². The number of nitrogens with zero attached hydrogens (tertiary/aromatic N) is 1. The highest BCUT2D eigenvalue weighted by Gasteiger charge is 2.42. The predicted molar refractivity (Wildman–Crippen MR) is 149 cm³/mol. The summed E-state index contributed by atoms with van der Waals surface area (Å²) in [6, 6.07) is 19.9. The molecule has 1 aliphatic heterocycles. The third kappa shape index (κ3) is 4.67. The Balaban J connectivity index is 1.33. The Labute approximate surface area is 222 Å². The van der Waals surface area contributed by atoms with Crippen LogP contribution in [0.2, 0.25) is 0 Å². The summed E-state index contributed by atoms with van der Waals surface area (Å²) in [5, 5.41) is 16.9. The number of thiocarbonyl (C=S) groups is 1. The molecule has 188 valence electrons. The second-order valence-electron chi connectivity index (χ2n) is 9.60. The number of methoxy groups -OCH3 is 1. The highest BCUT2D eigenvalue weighted by atomic mass is 32.1. The fraction of sp³-hybridized carbons (Fsp3) is 0.379. The molecule has 0 saturated carbocycles. The quantitative estimate of drug-likeness (QED) is 0.330. The molecule has 0 amide bonds. The number of esters is 1. The summed E-state index contributed by atoms with van der Waals surface area (Å²) in [5.74, 6) is -0.241. The van der Waals surface area contributed by atoms with Crippen molar-refractivity contribution in [2.24, 2.45) is 5.92 Å². The van der Waals surface area contributed by atoms with E-state index in [1.54, 1.807) is 11.3 Å². The molecule has 3 aromatic rings. The van der Waals surface area contributed by atoms with Crippen LogP contribution in [0.3, 0.4) is 0 Å². The van der Waals surface area contributed by atoms with Crippen molar-refractivity contribution in [3.63, 3.8) is 0 Å². The largest absolute Gasteiger partial charge is 0.465 e. The molecule has 0 atom stereocenters. The molecule has 0 bridgehead atoms. The normalized spacial score (nSPS) is 16.3. The van der Waals surface area contributed by atoms with E-state index in [0.29, 0.717) is 10.7 Å². The van der Waals surface area contributed by atoms with E-state index in [1.165, 1.54) is 12.0 Å². The van der Waals surface area contributed by atoms with Crippen LogP contribution in [0.5, 0.6) is 0 Å². The van der Waals surface area contributed by atoms with E-state index in [9.17, 15) is 9.90 Å². The van der Waals surface area contributed by atoms with Crippen molar-refractivity contribution in [2.75, 3.05) is 25.5 Å². The second-order valence-corrected chi connectivity index (χ2v) is 11.1. The van der Waals surface area contributed by atoms with Gasteiger partial charge in [-0.3, -0.25) is 0 Å². The number of likely N-dealkylation sites (tertiary alicyclic amines) is 1. The van der Waals surface area contributed by atoms with E-state index in [4.69, 9.17) is 17.0 Å². The number of carbonyl (C=O) groups is 1. The topological polar surface area (TPSA) is 61.8 Å². The smallest absolute Gasteiger partial charge is 0.341 e. The van der Waals surface area contributed by atoms with E-state index >= 15 is 0 Å². The number of piperidine rings is 1. The third-order valence-electron chi connectivity index (χ3n) is 7.58. The number of aryl methyl sites for hydroxylation is 1. The molecule has 1 aromatic heterocycles. The van der Waals surface area contributed by atoms with Crippen molar-refractivity contribution in [1.82, 2.24) is 4.90 Å². The minimum absolute atomic E-state index is 0.0565. The number of anilines is 1. The number of ether oxygens (including phenoxy) is 1. The van der Waals surface area contributed by atoms with E-state index in [1.807, 2.05) is 60.7 Å². The molecule has 2 heterocycles. The molecule has 1 fully saturated rings. The fourth-order valence-electron chi connectivity index (χ4n) is 5.67. The van der Waals surface area contributed by atoms with Gasteiger partial charge in [0.15, 0.2) is 5.11 Å². The number of rotatable bonds is 5. The zero-order chi connectivity index (χ0) is 25.1. The van der Waals surface area contributed by atoms with Gasteiger partial charge in [0.2, 0.25) is 0 Å². The molecule has 1 saturated heterocycles. The lowest BCUT2D eigenvalue weighted by molar-refractivity contribution is -0.00631. The molecule has 7 heteroatoms. The Morgan fingerprint density at radius 1 is 1.03 bits per heavy atom. The average Bonchev–Trinajstić information content (AvgIpc) is 3.31. The SMILES string of the molecule is COC(=O)c1c(NC(=S)N2CCC(C(O)(c3ccccc3)c3ccccc3)CC2)sc2c1CCCC2. The molecule has 2 N–H and O–H groups in total. The van der Waals surface area contributed by atoms with Crippen LogP contribution in [0.1, 0.15) is 57.6 Å². The fourth-order valence-corrected chi connectivity index (χ4v) is 7.30. The zero-order valence-electron chi connectivity index (χ0n) is 20.5. The minimum Gasteiger partial charge on any atom is -0.465 e. The summed E-state index contributed by atoms with van der Waals surface area (Å²) in [6.45, 7) is 1.47. The van der Waals surface area contributed by atoms with Crippen molar-refractivity contribution in [1.29, 1.82) is 0 Å². The molecule has 0 unspecified atom stereocenters. The average molecular weight is 521 g/mol. The lowest BCUT2D eigenvalue weighted by atomic mass is 9.72. The first-order valence-corrected chi connectivity index (χ1v) is 13.9. The maximum absolute atomic E-state index is 12.6. The molecule has 0 spiro atoms. The Morgan fingerprint density at radius 2 is 1.61 bits per heavy atom. The van der Waals surface area contributed by atoms with Gasteiger partial charge in [0.05, 0.1) is 12.7 Å². The van der Waals surface area contributed by atoms with Gasteiger partial charge in [0.1, 0.15) is 10.6 Å². The molecular weight excluding hydrogens is 488 g/mol. The number of thiophene rings is 1. The van der Waals surface area contributed by atoms with Gasteiger partial charge in [-0.15, -0.1) is 11.3 Å². The monoisotopic (exact) mass is 520 g/mol. The van der Waals surface area contributed by atoms with Crippen LogP contribution in [0.4, 0.5) is 5.00 Å². The molecule has 5 nitrogen and oxygen atoms in total. The first-order chi connectivity index (χ1) is 17.5. The highest BCUT2D eigenvalue weighted by Crippen LogP contribution is 2.42. The molecular formula is C29H32N2O3S2. The summed E-state index contributed by atoms with van der Waals surface area (Å²) in [7, 11) is 1.43. The van der Waals surface area contributed by atoms with Gasteiger partial charge in [0, 0.05) is 18.0 Å². The van der Waals surface area contributed by atoms with Gasteiger partial charge in [-0.25, -0.2) is 4.79 Å². The summed E-state index contributed by atoms with van der Waals surface area (Å²) < 4.78 is 5.11. The van der Waals surface area contributed by atoms with Gasteiger partial charge >= 0.3 is 5.97 Å². The molecule has 2 aromatic carbocycles. The zero-order valence-corrected chi connectivity index (χ0v) is 22.2. The maximum Gasteiger partial charge on any atom is 0.341 e. The first kappa shape index (κ1) is 24.9. The van der Waals surface area contributed by atoms with Crippen LogP contribution in [-0.2, 0) is 23.2 Å². The molecule has 2 aliphatic rings. The Hall–Kier alpha value is -2.74. The maximum atomic E-state index is 12.6. The number of hydrogen-bond donors (Lipinski definition) is 2. The van der Waals surface area contributed by atoms with Gasteiger partial charge in [-0.1, -0.05) is 60.7 Å². The van der Waals surface area contributed by atoms with E-state index in [2.05, 4.69) is 10.2 Å². The van der Waals surface area contributed by atoms with Gasteiger partial charge < -0.3 is 20.1 Å². The van der Waals surface area contributed by atoms with Crippen LogP contribution in [0, 0.1) is 5.92 Å². The third-order valence-corrected chi connectivity index (χ3v) is 9.15. The van der Waals surface area contributed by atoms with Gasteiger partial charge in [-0.05, 0) is 73.4 Å². The number of benzene rings is 2. The standard InChI is InChI=1S/C29H32N2O3S2/c1-34-27(32)25-23-14-8-9-15-24(23)36-26(25)30-28(35)31-18-16-22(17-19-31)29(33,20-10-4-2-5-11-20)21-12-6-3-7-13-21/h2-7,10-13,22,33H,8-9,14-19H2,1H3,(H,30,35). The molecule has 5 rings (SSSR count). The summed E-state index contributed by atoms with van der Waals surface area (Å²) in [4.78, 5) is 16.0. The molecule has 36 heavy (non-hydrogen) atoms. The summed E-state index contributed by atoms with van der Waals surface area (Å²) in [6.07, 6.45) is 5.75. The molecule has 0 radical (unpaired) electrons. The second kappa shape index (κ2) is 10.7. The number of nitrogens with one attached hydrogen (secondary N) is 1. The van der Waals surface area contributed by atoms with Crippen LogP contribution < -0.4 is 5.32 Å².